The number of carboxylic acids is 1. The van der Waals surface area contributed by atoms with Crippen LogP contribution in [0.2, 0.25) is 0 Å². The van der Waals surface area contributed by atoms with E-state index in [1.807, 2.05) is 6.92 Å². The molecule has 1 aliphatic rings. The van der Waals surface area contributed by atoms with Crippen molar-refractivity contribution in [2.24, 2.45) is 0 Å². The van der Waals surface area contributed by atoms with Crippen LogP contribution in [0.25, 0.3) is 0 Å². The van der Waals surface area contributed by atoms with Crippen LogP contribution >= 0.6 is 0 Å². The average Bonchev–Trinajstić information content (AvgIpc) is 2.67. The molecule has 1 N–H and O–H groups in total. The zero-order valence-corrected chi connectivity index (χ0v) is 9.23. The van der Waals surface area contributed by atoms with Gasteiger partial charge in [-0.2, -0.15) is 0 Å². The van der Waals surface area contributed by atoms with Gasteiger partial charge in [-0.1, -0.05) is 0 Å². The van der Waals surface area contributed by atoms with Gasteiger partial charge in [-0.25, -0.2) is 4.98 Å². The van der Waals surface area contributed by atoms with Gasteiger partial charge in [0, 0.05) is 6.61 Å². The van der Waals surface area contributed by atoms with Gasteiger partial charge < -0.3 is 14.3 Å². The second-order valence-electron chi connectivity index (χ2n) is 4.42. The number of rotatable bonds is 3. The van der Waals surface area contributed by atoms with Crippen molar-refractivity contribution in [1.29, 1.82) is 0 Å². The van der Waals surface area contributed by atoms with Gasteiger partial charge in [-0.05, 0) is 19.8 Å². The first-order chi connectivity index (χ1) is 7.60. The highest BCUT2D eigenvalue weighted by Crippen LogP contribution is 2.32. The molecule has 5 heteroatoms. The molecule has 1 fully saturated rings. The molecule has 1 unspecified atom stereocenters. The van der Waals surface area contributed by atoms with Crippen molar-refractivity contribution in [2.45, 2.75) is 31.6 Å². The summed E-state index contributed by atoms with van der Waals surface area (Å²) in [5.74, 6) is 0.0745. The largest absolute Gasteiger partial charge is 0.481 e. The normalized spacial score (nSPS) is 25.6. The van der Waals surface area contributed by atoms with Crippen molar-refractivity contribution in [2.75, 3.05) is 13.2 Å². The number of nitrogens with zero attached hydrogens (tertiary/aromatic N) is 1. The van der Waals surface area contributed by atoms with Crippen molar-refractivity contribution in [3.05, 3.63) is 17.8 Å². The topological polar surface area (TPSA) is 72.6 Å². The van der Waals surface area contributed by atoms with E-state index in [-0.39, 0.29) is 11.8 Å². The lowest BCUT2D eigenvalue weighted by Gasteiger charge is -2.30. The molecular formula is C11H15NO4. The molecule has 0 bridgehead atoms. The summed E-state index contributed by atoms with van der Waals surface area (Å²) >= 11 is 0. The molecule has 0 spiro atoms. The molecule has 0 saturated carbocycles. The summed E-state index contributed by atoms with van der Waals surface area (Å²) in [6, 6.07) is 0. The molecule has 1 aliphatic heterocycles. The number of aliphatic carboxylic acids is 1. The highest BCUT2D eigenvalue weighted by atomic mass is 16.5. The third-order valence-electron chi connectivity index (χ3n) is 2.83. The molecule has 88 valence electrons. The predicted octanol–water partition coefficient (Wildman–Crippen LogP) is 1.37. The van der Waals surface area contributed by atoms with E-state index in [1.165, 1.54) is 6.20 Å². The van der Waals surface area contributed by atoms with Crippen molar-refractivity contribution in [3.63, 3.8) is 0 Å². The Bertz CT molecular complexity index is 379. The van der Waals surface area contributed by atoms with Gasteiger partial charge >= 0.3 is 5.97 Å². The Kier molecular flexibility index (Phi) is 2.96. The third-order valence-corrected chi connectivity index (χ3v) is 2.83. The summed E-state index contributed by atoms with van der Waals surface area (Å²) in [4.78, 5) is 14.7. The number of aromatic nitrogens is 1. The first-order valence-electron chi connectivity index (χ1n) is 5.35. The Balaban J connectivity index is 2.13. The smallest absolute Gasteiger partial charge is 0.311 e. The van der Waals surface area contributed by atoms with E-state index in [0.29, 0.717) is 18.3 Å². The van der Waals surface area contributed by atoms with E-state index in [9.17, 15) is 4.79 Å². The van der Waals surface area contributed by atoms with E-state index in [1.54, 1.807) is 0 Å². The van der Waals surface area contributed by atoms with Gasteiger partial charge in [0.25, 0.3) is 0 Å². The quantitative estimate of drug-likeness (QED) is 0.841. The summed E-state index contributed by atoms with van der Waals surface area (Å²) in [6.07, 6.45) is 3.31. The van der Waals surface area contributed by atoms with Crippen LogP contribution in [0.5, 0.6) is 0 Å². The molecule has 0 amide bonds. The first kappa shape index (κ1) is 11.1. The SMILES string of the molecule is CC1(c2ncc(CC(=O)O)o2)CCCOC1. The summed E-state index contributed by atoms with van der Waals surface area (Å²) < 4.78 is 10.9. The highest BCUT2D eigenvalue weighted by molar-refractivity contribution is 5.69. The van der Waals surface area contributed by atoms with Crippen molar-refractivity contribution < 1.29 is 19.1 Å². The van der Waals surface area contributed by atoms with E-state index < -0.39 is 5.97 Å². The Labute approximate surface area is 93.4 Å². The zero-order valence-electron chi connectivity index (χ0n) is 9.23. The molecule has 2 heterocycles. The molecule has 0 aliphatic carbocycles. The van der Waals surface area contributed by atoms with Crippen molar-refractivity contribution in [3.8, 4) is 0 Å². The van der Waals surface area contributed by atoms with E-state index in [4.69, 9.17) is 14.3 Å². The maximum atomic E-state index is 10.5. The molecule has 0 aromatic carbocycles. The van der Waals surface area contributed by atoms with Gasteiger partial charge in [0.05, 0.1) is 18.2 Å². The van der Waals surface area contributed by atoms with Crippen LogP contribution in [-0.4, -0.2) is 29.3 Å². The monoisotopic (exact) mass is 225 g/mol. The summed E-state index contributed by atoms with van der Waals surface area (Å²) in [5.41, 5.74) is -0.213. The molecule has 5 nitrogen and oxygen atoms in total. The number of oxazole rings is 1. The average molecular weight is 225 g/mol. The molecule has 1 aromatic heterocycles. The summed E-state index contributed by atoms with van der Waals surface area (Å²) in [5, 5.41) is 8.64. The number of carboxylic acid groups (broad SMARTS) is 1. The van der Waals surface area contributed by atoms with E-state index >= 15 is 0 Å². The van der Waals surface area contributed by atoms with Crippen LogP contribution < -0.4 is 0 Å². The lowest BCUT2D eigenvalue weighted by atomic mass is 9.85. The molecule has 1 aromatic rings. The fourth-order valence-electron chi connectivity index (χ4n) is 1.92. The highest BCUT2D eigenvalue weighted by Gasteiger charge is 2.34. The van der Waals surface area contributed by atoms with Gasteiger partial charge in [-0.15, -0.1) is 0 Å². The standard InChI is InChI=1S/C11H15NO4/c1-11(3-2-4-15-7-11)10-12-6-8(16-10)5-9(13)14/h6H,2-5,7H2,1H3,(H,13,14). The van der Waals surface area contributed by atoms with Crippen molar-refractivity contribution >= 4 is 5.97 Å². The summed E-state index contributed by atoms with van der Waals surface area (Å²) in [6.45, 7) is 3.39. The minimum Gasteiger partial charge on any atom is -0.481 e. The fourth-order valence-corrected chi connectivity index (χ4v) is 1.92. The Morgan fingerprint density at radius 2 is 2.50 bits per heavy atom. The van der Waals surface area contributed by atoms with Gasteiger partial charge in [-0.3, -0.25) is 4.79 Å². The zero-order chi connectivity index (χ0) is 11.6. The van der Waals surface area contributed by atoms with Gasteiger partial charge in [0.15, 0.2) is 0 Å². The lowest BCUT2D eigenvalue weighted by molar-refractivity contribution is -0.136. The first-order valence-corrected chi connectivity index (χ1v) is 5.35. The molecular weight excluding hydrogens is 210 g/mol. The van der Waals surface area contributed by atoms with Gasteiger partial charge in [0.2, 0.25) is 5.89 Å². The van der Waals surface area contributed by atoms with Crippen LogP contribution in [0.1, 0.15) is 31.4 Å². The van der Waals surface area contributed by atoms with E-state index in [0.717, 1.165) is 19.4 Å². The molecule has 1 atom stereocenters. The van der Waals surface area contributed by atoms with Gasteiger partial charge in [0.1, 0.15) is 12.2 Å². The summed E-state index contributed by atoms with van der Waals surface area (Å²) in [7, 11) is 0. The molecule has 2 rings (SSSR count). The Morgan fingerprint density at radius 3 is 3.12 bits per heavy atom. The second-order valence-corrected chi connectivity index (χ2v) is 4.42. The Morgan fingerprint density at radius 1 is 1.69 bits per heavy atom. The minimum atomic E-state index is -0.909. The van der Waals surface area contributed by atoms with Crippen LogP contribution in [0.15, 0.2) is 10.6 Å². The molecule has 1 saturated heterocycles. The number of hydrogen-bond acceptors (Lipinski definition) is 4. The second kappa shape index (κ2) is 4.25. The Hall–Kier alpha value is -1.36. The fraction of sp³-hybridized carbons (Fsp3) is 0.636. The van der Waals surface area contributed by atoms with Crippen LogP contribution in [-0.2, 0) is 21.4 Å². The maximum Gasteiger partial charge on any atom is 0.311 e. The number of carbonyl (C=O) groups is 1. The number of ether oxygens (including phenoxy) is 1. The van der Waals surface area contributed by atoms with Crippen molar-refractivity contribution in [1.82, 2.24) is 4.98 Å². The van der Waals surface area contributed by atoms with Crippen LogP contribution in [0.4, 0.5) is 0 Å². The number of hydrogen-bond donors (Lipinski definition) is 1. The maximum absolute atomic E-state index is 10.5. The van der Waals surface area contributed by atoms with Crippen LogP contribution in [0.3, 0.4) is 0 Å². The minimum absolute atomic E-state index is 0.121. The van der Waals surface area contributed by atoms with E-state index in [2.05, 4.69) is 4.98 Å². The third kappa shape index (κ3) is 2.24. The molecule has 16 heavy (non-hydrogen) atoms. The van der Waals surface area contributed by atoms with Crippen LogP contribution in [0, 0.1) is 0 Å². The lowest BCUT2D eigenvalue weighted by Crippen LogP contribution is -2.33. The molecule has 0 radical (unpaired) electrons. The predicted molar refractivity (Wildman–Crippen MR) is 55.2 cm³/mol.